The monoisotopic (exact) mass is 380 g/mol. The van der Waals surface area contributed by atoms with Gasteiger partial charge in [0.25, 0.3) is 5.91 Å². The Labute approximate surface area is 166 Å². The van der Waals surface area contributed by atoms with Crippen molar-refractivity contribution in [1.82, 2.24) is 9.80 Å². The van der Waals surface area contributed by atoms with Gasteiger partial charge in [-0.2, -0.15) is 0 Å². The van der Waals surface area contributed by atoms with Crippen LogP contribution >= 0.6 is 0 Å². The maximum atomic E-state index is 12.8. The van der Waals surface area contributed by atoms with Gasteiger partial charge in [-0.05, 0) is 48.6 Å². The second-order valence-corrected chi connectivity index (χ2v) is 7.79. The summed E-state index contributed by atoms with van der Waals surface area (Å²) in [6.45, 7) is 3.86. The van der Waals surface area contributed by atoms with Gasteiger partial charge in [-0.3, -0.25) is 9.69 Å². The van der Waals surface area contributed by atoms with Gasteiger partial charge in [0.1, 0.15) is 11.5 Å². The first-order valence-electron chi connectivity index (χ1n) is 10.0. The zero-order valence-electron chi connectivity index (χ0n) is 16.4. The van der Waals surface area contributed by atoms with Crippen LogP contribution in [0.3, 0.4) is 0 Å². The minimum Gasteiger partial charge on any atom is -0.497 e. The lowest BCUT2D eigenvalue weighted by Crippen LogP contribution is -2.49. The van der Waals surface area contributed by atoms with Crippen LogP contribution in [0.2, 0.25) is 0 Å². The van der Waals surface area contributed by atoms with Crippen LogP contribution in [0.1, 0.15) is 18.4 Å². The molecule has 3 fully saturated rings. The van der Waals surface area contributed by atoms with Crippen molar-refractivity contribution in [2.75, 3.05) is 33.4 Å². The molecule has 2 aromatic rings. The number of carbonyl (C=O) groups excluding carboxylic acids is 1. The number of fused-ring (bicyclic) bond motifs is 4. The molecule has 0 spiro atoms. The van der Waals surface area contributed by atoms with Crippen molar-refractivity contribution in [3.05, 3.63) is 60.2 Å². The maximum Gasteiger partial charge on any atom is 0.260 e. The number of rotatable bonds is 6. The molecule has 3 aliphatic rings. The fraction of sp³-hybridized carbons (Fsp3) is 0.435. The zero-order chi connectivity index (χ0) is 19.3. The molecule has 5 nitrogen and oxygen atoms in total. The summed E-state index contributed by atoms with van der Waals surface area (Å²) < 4.78 is 10.9. The number of carbonyl (C=O) groups is 1. The molecular weight excluding hydrogens is 352 g/mol. The summed E-state index contributed by atoms with van der Waals surface area (Å²) in [5, 5.41) is 0. The summed E-state index contributed by atoms with van der Waals surface area (Å²) in [5.74, 6) is 2.27. The molecule has 5 heteroatoms. The zero-order valence-corrected chi connectivity index (χ0v) is 16.4. The molecule has 5 rings (SSSR count). The number of nitrogens with zero attached hydrogens (tertiary/aromatic N) is 2. The van der Waals surface area contributed by atoms with E-state index in [1.54, 1.807) is 7.11 Å². The van der Waals surface area contributed by atoms with Crippen LogP contribution in [0.25, 0.3) is 0 Å². The molecule has 28 heavy (non-hydrogen) atoms. The lowest BCUT2D eigenvalue weighted by atomic mass is 9.95. The predicted molar refractivity (Wildman–Crippen MR) is 108 cm³/mol. The van der Waals surface area contributed by atoms with Crippen LogP contribution < -0.4 is 9.47 Å². The quantitative estimate of drug-likeness (QED) is 0.772. The first kappa shape index (κ1) is 18.8. The Bertz CT molecular complexity index is 778. The average Bonchev–Trinajstić information content (AvgIpc) is 3.04. The summed E-state index contributed by atoms with van der Waals surface area (Å²) in [5.41, 5.74) is 1.28. The molecule has 1 amide bonds. The van der Waals surface area contributed by atoms with Crippen LogP contribution in [0.15, 0.2) is 54.6 Å². The first-order valence-corrected chi connectivity index (χ1v) is 10.0. The minimum atomic E-state index is 0.102. The highest BCUT2D eigenvalue weighted by atomic mass is 16.5. The highest BCUT2D eigenvalue weighted by Crippen LogP contribution is 2.29. The molecule has 0 aliphatic carbocycles. The SMILES string of the molecule is COc1ccc(CN2C[C@H]3CC[C@@H](C2)N(C(=O)COc2ccccc2)C3)cc1. The third kappa shape index (κ3) is 4.47. The molecule has 2 aromatic carbocycles. The number of ether oxygens (including phenoxy) is 2. The van der Waals surface area contributed by atoms with Crippen molar-refractivity contribution in [2.24, 2.45) is 5.92 Å². The van der Waals surface area contributed by atoms with E-state index in [0.29, 0.717) is 5.92 Å². The van der Waals surface area contributed by atoms with E-state index in [2.05, 4.69) is 21.9 Å². The van der Waals surface area contributed by atoms with Crippen molar-refractivity contribution in [1.29, 1.82) is 0 Å². The molecule has 2 atom stereocenters. The highest BCUT2D eigenvalue weighted by molar-refractivity contribution is 5.78. The van der Waals surface area contributed by atoms with E-state index in [1.165, 1.54) is 12.0 Å². The Morgan fingerprint density at radius 3 is 2.50 bits per heavy atom. The lowest BCUT2D eigenvalue weighted by molar-refractivity contribution is -0.137. The third-order valence-corrected chi connectivity index (χ3v) is 5.78. The van der Waals surface area contributed by atoms with E-state index in [4.69, 9.17) is 9.47 Å². The Kier molecular flexibility index (Phi) is 5.81. The third-order valence-electron chi connectivity index (χ3n) is 5.78. The van der Waals surface area contributed by atoms with Gasteiger partial charge in [-0.25, -0.2) is 0 Å². The Balaban J connectivity index is 1.36. The van der Waals surface area contributed by atoms with Gasteiger partial charge in [0, 0.05) is 32.2 Å². The van der Waals surface area contributed by atoms with E-state index in [1.807, 2.05) is 42.5 Å². The molecule has 0 unspecified atom stereocenters. The van der Waals surface area contributed by atoms with E-state index in [9.17, 15) is 4.79 Å². The van der Waals surface area contributed by atoms with Gasteiger partial charge in [-0.1, -0.05) is 30.3 Å². The summed E-state index contributed by atoms with van der Waals surface area (Å²) >= 11 is 0. The van der Waals surface area contributed by atoms with Crippen molar-refractivity contribution >= 4 is 5.91 Å². The van der Waals surface area contributed by atoms with E-state index in [0.717, 1.165) is 44.1 Å². The molecule has 148 valence electrons. The van der Waals surface area contributed by atoms with Gasteiger partial charge < -0.3 is 14.4 Å². The van der Waals surface area contributed by atoms with E-state index in [-0.39, 0.29) is 18.6 Å². The molecule has 3 heterocycles. The highest BCUT2D eigenvalue weighted by Gasteiger charge is 2.37. The normalized spacial score (nSPS) is 22.0. The van der Waals surface area contributed by atoms with Gasteiger partial charge in [-0.15, -0.1) is 0 Å². The summed E-state index contributed by atoms with van der Waals surface area (Å²) in [6, 6.07) is 18.1. The second kappa shape index (κ2) is 8.65. The average molecular weight is 380 g/mol. The first-order chi connectivity index (χ1) is 13.7. The molecule has 0 aromatic heterocycles. The topological polar surface area (TPSA) is 42.0 Å². The van der Waals surface area contributed by atoms with Gasteiger partial charge in [0.2, 0.25) is 0 Å². The summed E-state index contributed by atoms with van der Waals surface area (Å²) in [4.78, 5) is 17.4. The minimum absolute atomic E-state index is 0.102. The fourth-order valence-electron chi connectivity index (χ4n) is 4.35. The Morgan fingerprint density at radius 1 is 0.964 bits per heavy atom. The van der Waals surface area contributed by atoms with Crippen LogP contribution in [0.4, 0.5) is 0 Å². The molecular formula is C23H28N2O3. The van der Waals surface area contributed by atoms with Crippen LogP contribution in [-0.4, -0.2) is 55.1 Å². The molecule has 0 N–H and O–H groups in total. The Hall–Kier alpha value is -2.53. The van der Waals surface area contributed by atoms with Gasteiger partial charge in [0.05, 0.1) is 7.11 Å². The number of amides is 1. The summed E-state index contributed by atoms with van der Waals surface area (Å²) in [6.07, 6.45) is 2.29. The number of benzene rings is 2. The van der Waals surface area contributed by atoms with Crippen molar-refractivity contribution in [3.63, 3.8) is 0 Å². The van der Waals surface area contributed by atoms with Crippen LogP contribution in [-0.2, 0) is 11.3 Å². The molecule has 3 aliphatic heterocycles. The van der Waals surface area contributed by atoms with Crippen molar-refractivity contribution < 1.29 is 14.3 Å². The lowest BCUT2D eigenvalue weighted by Gasteiger charge is -2.36. The largest absolute Gasteiger partial charge is 0.497 e. The second-order valence-electron chi connectivity index (χ2n) is 7.79. The molecule has 0 radical (unpaired) electrons. The van der Waals surface area contributed by atoms with Gasteiger partial charge >= 0.3 is 0 Å². The Morgan fingerprint density at radius 2 is 1.75 bits per heavy atom. The van der Waals surface area contributed by atoms with Gasteiger partial charge in [0.15, 0.2) is 6.61 Å². The van der Waals surface area contributed by atoms with E-state index < -0.39 is 0 Å². The summed E-state index contributed by atoms with van der Waals surface area (Å²) in [7, 11) is 1.69. The van der Waals surface area contributed by atoms with E-state index >= 15 is 0 Å². The number of para-hydroxylation sites is 1. The van der Waals surface area contributed by atoms with Crippen molar-refractivity contribution in [2.45, 2.75) is 25.4 Å². The predicted octanol–water partition coefficient (Wildman–Crippen LogP) is 3.20. The van der Waals surface area contributed by atoms with Crippen molar-refractivity contribution in [3.8, 4) is 11.5 Å². The fourth-order valence-corrected chi connectivity index (χ4v) is 4.35. The number of methoxy groups -OCH3 is 1. The standard InChI is InChI=1S/C23H28N2O3/c1-27-21-11-8-18(9-12-21)13-24-14-19-7-10-20(16-24)25(15-19)23(26)17-28-22-5-3-2-4-6-22/h2-6,8-9,11-12,19-20H,7,10,13-17H2,1H3/t19-,20+/m1/s1. The molecule has 0 saturated carbocycles. The molecule has 2 bridgehead atoms. The number of piperidine rings is 1. The number of hydrogen-bond donors (Lipinski definition) is 0. The number of hydrogen-bond acceptors (Lipinski definition) is 4. The molecule has 3 saturated heterocycles. The maximum absolute atomic E-state index is 12.8. The smallest absolute Gasteiger partial charge is 0.260 e. The van der Waals surface area contributed by atoms with Crippen LogP contribution in [0, 0.1) is 5.92 Å². The van der Waals surface area contributed by atoms with Crippen LogP contribution in [0.5, 0.6) is 11.5 Å².